The normalized spacial score (nSPS) is 11.1. The first-order valence-electron chi connectivity index (χ1n) is 5.62. The highest BCUT2D eigenvalue weighted by atomic mass is 35.5. The lowest BCUT2D eigenvalue weighted by molar-refractivity contribution is -0.268. The first kappa shape index (κ1) is 15.1. The topological polar surface area (TPSA) is 107 Å². The van der Waals surface area contributed by atoms with Gasteiger partial charge in [-0.2, -0.15) is 0 Å². The number of carboxylic acid groups (broad SMARTS) is 1. The summed E-state index contributed by atoms with van der Waals surface area (Å²) >= 11 is 5.68. The number of hydrogen-bond acceptors (Lipinski definition) is 4. The summed E-state index contributed by atoms with van der Waals surface area (Å²) < 4.78 is 26.4. The Labute approximate surface area is 125 Å². The van der Waals surface area contributed by atoms with Crippen molar-refractivity contribution in [1.82, 2.24) is 0 Å². The van der Waals surface area contributed by atoms with Crippen LogP contribution in [0.15, 0.2) is 47.4 Å². The maximum Gasteiger partial charge on any atom is 0.335 e. The number of rotatable bonds is 4. The lowest BCUT2D eigenvalue weighted by Gasteiger charge is -2.13. The van der Waals surface area contributed by atoms with E-state index in [1.165, 1.54) is 30.3 Å². The molecular weight excluding hydrogens is 318 g/mol. The van der Waals surface area contributed by atoms with Crippen LogP contribution in [-0.4, -0.2) is 19.5 Å². The summed E-state index contributed by atoms with van der Waals surface area (Å²) in [6.07, 6.45) is 0. The standard InChI is InChI=1S/C13H10ClNO5S/c14-8-1-4-10(5-2-8)21(19,20)15-9-3-6-12(16)11(7-9)13(17)18/h1-7,15-16H,(H,17,18)/p-1. The number of benzene rings is 2. The number of anilines is 1. The number of sulfonamides is 1. The summed E-state index contributed by atoms with van der Waals surface area (Å²) in [6.45, 7) is 0. The van der Waals surface area contributed by atoms with Gasteiger partial charge in [0.1, 0.15) is 0 Å². The summed E-state index contributed by atoms with van der Waals surface area (Å²) in [4.78, 5) is 10.8. The van der Waals surface area contributed by atoms with Crippen LogP contribution in [0.25, 0.3) is 0 Å². The molecule has 110 valence electrons. The van der Waals surface area contributed by atoms with E-state index in [0.717, 1.165) is 12.1 Å². The monoisotopic (exact) mass is 326 g/mol. The molecule has 0 saturated heterocycles. The van der Waals surface area contributed by atoms with E-state index in [-0.39, 0.29) is 10.6 Å². The summed E-state index contributed by atoms with van der Waals surface area (Å²) in [5.74, 6) is -2.12. The van der Waals surface area contributed by atoms with E-state index in [1.807, 2.05) is 0 Å². The first-order chi connectivity index (χ1) is 9.79. The van der Waals surface area contributed by atoms with E-state index in [2.05, 4.69) is 4.72 Å². The van der Waals surface area contributed by atoms with E-state index in [1.54, 1.807) is 0 Å². The second-order valence-corrected chi connectivity index (χ2v) is 6.19. The molecular formula is C13H9ClNO5S-. The van der Waals surface area contributed by atoms with Gasteiger partial charge in [0.15, 0.2) is 0 Å². The van der Waals surface area contributed by atoms with Crippen LogP contribution in [0.3, 0.4) is 0 Å². The minimum absolute atomic E-state index is 0.0121. The third-order valence-electron chi connectivity index (χ3n) is 2.59. The predicted octanol–water partition coefficient (Wildman–Crippen LogP) is 1.91. The van der Waals surface area contributed by atoms with Crippen LogP contribution in [0.4, 0.5) is 5.69 Å². The molecule has 0 radical (unpaired) electrons. The minimum Gasteiger partial charge on any atom is -0.872 e. The Bertz CT molecular complexity index is 787. The van der Waals surface area contributed by atoms with Gasteiger partial charge in [-0.1, -0.05) is 23.4 Å². The minimum atomic E-state index is -3.89. The molecule has 21 heavy (non-hydrogen) atoms. The summed E-state index contributed by atoms with van der Waals surface area (Å²) in [5, 5.41) is 20.5. The fourth-order valence-corrected chi connectivity index (χ4v) is 2.76. The number of carbonyl (C=O) groups is 1. The van der Waals surface area contributed by atoms with Crippen molar-refractivity contribution in [3.8, 4) is 5.75 Å². The Hall–Kier alpha value is -2.25. The van der Waals surface area contributed by atoms with Crippen molar-refractivity contribution in [3.05, 3.63) is 53.1 Å². The molecule has 0 saturated carbocycles. The quantitative estimate of drug-likeness (QED) is 0.892. The van der Waals surface area contributed by atoms with Crippen molar-refractivity contribution >= 4 is 33.3 Å². The van der Waals surface area contributed by atoms with E-state index >= 15 is 0 Å². The number of carboxylic acids is 1. The highest BCUT2D eigenvalue weighted by Crippen LogP contribution is 2.22. The maximum atomic E-state index is 12.1. The Morgan fingerprint density at radius 1 is 1.14 bits per heavy atom. The van der Waals surface area contributed by atoms with Crippen LogP contribution in [0.2, 0.25) is 5.02 Å². The Balaban J connectivity index is 2.35. The largest absolute Gasteiger partial charge is 0.872 e. The zero-order chi connectivity index (χ0) is 15.6. The lowest BCUT2D eigenvalue weighted by Crippen LogP contribution is -2.14. The SMILES string of the molecule is O=C(O)c1cc(NS(=O)(=O)c2ccc(Cl)cc2)ccc1[O-]. The molecule has 0 amide bonds. The third kappa shape index (κ3) is 3.45. The number of halogens is 1. The molecule has 0 aliphatic rings. The van der Waals surface area contributed by atoms with Crippen LogP contribution in [0.5, 0.6) is 5.75 Å². The van der Waals surface area contributed by atoms with Crippen molar-refractivity contribution in [2.24, 2.45) is 0 Å². The van der Waals surface area contributed by atoms with Gasteiger partial charge in [-0.3, -0.25) is 4.72 Å². The molecule has 2 aromatic rings. The van der Waals surface area contributed by atoms with Crippen LogP contribution in [-0.2, 0) is 10.0 Å². The van der Waals surface area contributed by atoms with Gasteiger partial charge in [0.05, 0.1) is 10.5 Å². The molecule has 0 atom stereocenters. The highest BCUT2D eigenvalue weighted by Gasteiger charge is 2.15. The van der Waals surface area contributed by atoms with E-state index < -0.39 is 27.3 Å². The fourth-order valence-electron chi connectivity index (χ4n) is 1.59. The van der Waals surface area contributed by atoms with Crippen molar-refractivity contribution in [2.75, 3.05) is 4.72 Å². The smallest absolute Gasteiger partial charge is 0.335 e. The average Bonchev–Trinajstić information content (AvgIpc) is 2.41. The molecule has 8 heteroatoms. The Morgan fingerprint density at radius 3 is 2.33 bits per heavy atom. The number of aromatic carboxylic acids is 1. The van der Waals surface area contributed by atoms with E-state index in [0.29, 0.717) is 5.02 Å². The van der Waals surface area contributed by atoms with Gasteiger partial charge in [-0.15, -0.1) is 0 Å². The van der Waals surface area contributed by atoms with Gasteiger partial charge in [-0.05, 0) is 36.4 Å². The van der Waals surface area contributed by atoms with Gasteiger partial charge in [-0.25, -0.2) is 13.2 Å². The fraction of sp³-hybridized carbons (Fsp3) is 0. The highest BCUT2D eigenvalue weighted by molar-refractivity contribution is 7.92. The molecule has 0 bridgehead atoms. The van der Waals surface area contributed by atoms with Crippen molar-refractivity contribution in [2.45, 2.75) is 4.90 Å². The zero-order valence-electron chi connectivity index (χ0n) is 10.4. The van der Waals surface area contributed by atoms with Crippen LogP contribution in [0, 0.1) is 0 Å². The second kappa shape index (κ2) is 5.63. The Morgan fingerprint density at radius 2 is 1.76 bits per heavy atom. The summed E-state index contributed by atoms with van der Waals surface area (Å²) in [7, 11) is -3.89. The average molecular weight is 327 g/mol. The Kier molecular flexibility index (Phi) is 4.06. The van der Waals surface area contributed by atoms with E-state index in [9.17, 15) is 18.3 Å². The van der Waals surface area contributed by atoms with Gasteiger partial charge < -0.3 is 10.2 Å². The molecule has 2 N–H and O–H groups in total. The second-order valence-electron chi connectivity index (χ2n) is 4.08. The zero-order valence-corrected chi connectivity index (χ0v) is 12.0. The third-order valence-corrected chi connectivity index (χ3v) is 4.24. The summed E-state index contributed by atoms with van der Waals surface area (Å²) in [6, 6.07) is 8.61. The molecule has 2 aromatic carbocycles. The van der Waals surface area contributed by atoms with Gasteiger partial charge >= 0.3 is 5.97 Å². The van der Waals surface area contributed by atoms with Crippen LogP contribution in [0.1, 0.15) is 10.4 Å². The van der Waals surface area contributed by atoms with Crippen molar-refractivity contribution in [3.63, 3.8) is 0 Å². The van der Waals surface area contributed by atoms with Crippen molar-refractivity contribution in [1.29, 1.82) is 0 Å². The molecule has 0 aromatic heterocycles. The van der Waals surface area contributed by atoms with Crippen molar-refractivity contribution < 1.29 is 23.4 Å². The number of hydrogen-bond donors (Lipinski definition) is 2. The van der Waals surface area contributed by atoms with E-state index in [4.69, 9.17) is 16.7 Å². The molecule has 0 heterocycles. The molecule has 0 aliphatic carbocycles. The molecule has 0 aliphatic heterocycles. The molecule has 0 fully saturated rings. The summed E-state index contributed by atoms with van der Waals surface area (Å²) in [5.41, 5.74) is -0.520. The maximum absolute atomic E-state index is 12.1. The van der Waals surface area contributed by atoms with Crippen LogP contribution >= 0.6 is 11.6 Å². The lowest BCUT2D eigenvalue weighted by atomic mass is 10.2. The van der Waals surface area contributed by atoms with Gasteiger partial charge in [0, 0.05) is 10.7 Å². The van der Waals surface area contributed by atoms with Gasteiger partial charge in [0.2, 0.25) is 0 Å². The first-order valence-corrected chi connectivity index (χ1v) is 7.48. The number of nitrogens with one attached hydrogen (secondary N) is 1. The predicted molar refractivity (Wildman–Crippen MR) is 75.1 cm³/mol. The molecule has 0 unspecified atom stereocenters. The molecule has 0 spiro atoms. The van der Waals surface area contributed by atoms with Crippen LogP contribution < -0.4 is 9.83 Å². The van der Waals surface area contributed by atoms with Gasteiger partial charge in [0.25, 0.3) is 10.0 Å². The molecule has 2 rings (SSSR count). The molecule has 6 nitrogen and oxygen atoms in total.